The minimum atomic E-state index is 0.398. The van der Waals surface area contributed by atoms with Crippen molar-refractivity contribution in [1.29, 1.82) is 10.5 Å². The highest BCUT2D eigenvalue weighted by molar-refractivity contribution is 5.78. The first-order chi connectivity index (χ1) is 15.3. The first-order valence-electron chi connectivity index (χ1n) is 10.2. The van der Waals surface area contributed by atoms with Gasteiger partial charge in [-0.05, 0) is 58.7 Å². The van der Waals surface area contributed by atoms with Crippen molar-refractivity contribution in [2.45, 2.75) is 12.8 Å². The van der Waals surface area contributed by atoms with Crippen LogP contribution in [0.2, 0.25) is 0 Å². The van der Waals surface area contributed by atoms with Crippen LogP contribution in [0.15, 0.2) is 103 Å². The van der Waals surface area contributed by atoms with Crippen LogP contribution in [0.3, 0.4) is 0 Å². The van der Waals surface area contributed by atoms with Crippen molar-refractivity contribution in [3.05, 3.63) is 114 Å². The Balaban J connectivity index is 1.73. The monoisotopic (exact) mass is 399 g/mol. The third-order valence-corrected chi connectivity index (χ3v) is 5.19. The van der Waals surface area contributed by atoms with E-state index in [4.69, 9.17) is 10.5 Å². The van der Waals surface area contributed by atoms with Gasteiger partial charge in [-0.3, -0.25) is 0 Å². The topological polar surface area (TPSA) is 50.8 Å². The minimum Gasteiger partial charge on any atom is -0.311 e. The first kappa shape index (κ1) is 20.0. The van der Waals surface area contributed by atoms with E-state index in [9.17, 15) is 0 Å². The fourth-order valence-corrected chi connectivity index (χ4v) is 3.59. The Labute approximate surface area is 183 Å². The third-order valence-electron chi connectivity index (χ3n) is 5.19. The smallest absolute Gasteiger partial charge is 0.0669 e. The molecule has 0 aliphatic heterocycles. The molecule has 0 saturated carbocycles. The molecule has 4 aromatic rings. The summed E-state index contributed by atoms with van der Waals surface area (Å²) in [7, 11) is 0. The Kier molecular flexibility index (Phi) is 6.08. The molecule has 4 aromatic carbocycles. The maximum atomic E-state index is 8.96. The lowest BCUT2D eigenvalue weighted by molar-refractivity contribution is 1.22. The third kappa shape index (κ3) is 4.64. The van der Waals surface area contributed by atoms with Crippen LogP contribution >= 0.6 is 0 Å². The van der Waals surface area contributed by atoms with E-state index >= 15 is 0 Å². The van der Waals surface area contributed by atoms with Crippen molar-refractivity contribution in [2.24, 2.45) is 0 Å². The Hall–Kier alpha value is -4.34. The molecule has 0 spiro atoms. The van der Waals surface area contributed by atoms with Gasteiger partial charge < -0.3 is 4.90 Å². The molecular weight excluding hydrogens is 378 g/mol. The predicted molar refractivity (Wildman–Crippen MR) is 125 cm³/mol. The molecule has 0 heterocycles. The van der Waals surface area contributed by atoms with E-state index in [1.807, 2.05) is 66.7 Å². The Bertz CT molecular complexity index is 1150. The maximum Gasteiger partial charge on any atom is 0.0669 e. The molecular formula is C28H21N3. The summed E-state index contributed by atoms with van der Waals surface area (Å²) < 4.78 is 0. The second kappa shape index (κ2) is 9.44. The Morgan fingerprint density at radius 3 is 1.29 bits per heavy atom. The molecule has 0 bridgehead atoms. The molecule has 0 N–H and O–H groups in total. The summed E-state index contributed by atoms with van der Waals surface area (Å²) in [5.41, 5.74) is 7.41. The summed E-state index contributed by atoms with van der Waals surface area (Å²) in [5, 5.41) is 17.9. The molecule has 0 fully saturated rings. The van der Waals surface area contributed by atoms with Crippen LogP contribution in [-0.2, 0) is 12.8 Å². The number of benzene rings is 4. The van der Waals surface area contributed by atoms with Gasteiger partial charge in [0.2, 0.25) is 0 Å². The molecule has 0 aliphatic rings. The minimum absolute atomic E-state index is 0.398. The molecule has 0 radical (unpaired) electrons. The quantitative estimate of drug-likeness (QED) is 0.352. The van der Waals surface area contributed by atoms with Gasteiger partial charge in [-0.1, -0.05) is 66.7 Å². The van der Waals surface area contributed by atoms with Gasteiger partial charge in [0.25, 0.3) is 0 Å². The van der Waals surface area contributed by atoms with Gasteiger partial charge in [0, 0.05) is 17.1 Å². The zero-order chi connectivity index (χ0) is 21.5. The molecule has 0 aromatic heterocycles. The fraction of sp³-hybridized carbons (Fsp3) is 0.0714. The normalized spacial score (nSPS) is 10.1. The average Bonchev–Trinajstić information content (AvgIpc) is 2.83. The highest BCUT2D eigenvalue weighted by Crippen LogP contribution is 2.35. The van der Waals surface area contributed by atoms with Crippen LogP contribution in [0, 0.1) is 22.7 Å². The molecule has 0 aliphatic carbocycles. The van der Waals surface area contributed by atoms with Crippen molar-refractivity contribution in [3.63, 3.8) is 0 Å². The van der Waals surface area contributed by atoms with Gasteiger partial charge in [-0.2, -0.15) is 10.5 Å². The van der Waals surface area contributed by atoms with Gasteiger partial charge in [0.1, 0.15) is 0 Å². The summed E-state index contributed by atoms with van der Waals surface area (Å²) in [6.45, 7) is 0. The summed E-state index contributed by atoms with van der Waals surface area (Å²) in [5.74, 6) is 0. The van der Waals surface area contributed by atoms with Gasteiger partial charge in [0.05, 0.1) is 25.0 Å². The summed E-state index contributed by atoms with van der Waals surface area (Å²) in [6.07, 6.45) is 0.795. The molecule has 0 unspecified atom stereocenters. The molecule has 4 rings (SSSR count). The van der Waals surface area contributed by atoms with Gasteiger partial charge in [-0.15, -0.1) is 0 Å². The molecule has 0 atom stereocenters. The molecule has 0 amide bonds. The average molecular weight is 399 g/mol. The highest BCUT2D eigenvalue weighted by Gasteiger charge is 2.13. The van der Waals surface area contributed by atoms with E-state index in [1.165, 1.54) is 5.56 Å². The number of rotatable bonds is 6. The van der Waals surface area contributed by atoms with Crippen molar-refractivity contribution in [3.8, 4) is 23.3 Å². The number of nitrogens with zero attached hydrogens (tertiary/aromatic N) is 3. The van der Waals surface area contributed by atoms with E-state index in [2.05, 4.69) is 53.4 Å². The number of nitriles is 2. The van der Waals surface area contributed by atoms with E-state index in [-0.39, 0.29) is 0 Å². The summed E-state index contributed by atoms with van der Waals surface area (Å²) in [4.78, 5) is 2.18. The molecule has 0 saturated heterocycles. The number of anilines is 3. The van der Waals surface area contributed by atoms with Crippen molar-refractivity contribution >= 4 is 17.1 Å². The van der Waals surface area contributed by atoms with Crippen molar-refractivity contribution in [2.75, 3.05) is 4.90 Å². The predicted octanol–water partition coefficient (Wildman–Crippen LogP) is 6.96. The van der Waals surface area contributed by atoms with Gasteiger partial charge in [0.15, 0.2) is 0 Å². The zero-order valence-electron chi connectivity index (χ0n) is 17.1. The van der Waals surface area contributed by atoms with Crippen LogP contribution in [-0.4, -0.2) is 0 Å². The fourth-order valence-electron chi connectivity index (χ4n) is 3.59. The SMILES string of the molecule is N#CCc1ccc(N(c2ccc(CC#N)cc2)c2ccc(-c3ccccc3)cc2)cc1. The molecule has 148 valence electrons. The lowest BCUT2D eigenvalue weighted by Crippen LogP contribution is -2.10. The van der Waals surface area contributed by atoms with Crippen molar-refractivity contribution < 1.29 is 0 Å². The van der Waals surface area contributed by atoms with Crippen molar-refractivity contribution in [1.82, 2.24) is 0 Å². The molecule has 3 nitrogen and oxygen atoms in total. The maximum absolute atomic E-state index is 8.96. The number of hydrogen-bond acceptors (Lipinski definition) is 3. The highest BCUT2D eigenvalue weighted by atomic mass is 15.1. The largest absolute Gasteiger partial charge is 0.311 e. The van der Waals surface area contributed by atoms with E-state index in [0.717, 1.165) is 33.8 Å². The second-order valence-corrected chi connectivity index (χ2v) is 7.25. The molecule has 31 heavy (non-hydrogen) atoms. The summed E-state index contributed by atoms with van der Waals surface area (Å²) >= 11 is 0. The van der Waals surface area contributed by atoms with Crippen LogP contribution in [0.4, 0.5) is 17.1 Å². The van der Waals surface area contributed by atoms with Crippen LogP contribution < -0.4 is 4.90 Å². The van der Waals surface area contributed by atoms with Gasteiger partial charge in [-0.25, -0.2) is 0 Å². The number of hydrogen-bond donors (Lipinski definition) is 0. The first-order valence-corrected chi connectivity index (χ1v) is 10.2. The van der Waals surface area contributed by atoms with E-state index < -0.39 is 0 Å². The second-order valence-electron chi connectivity index (χ2n) is 7.25. The van der Waals surface area contributed by atoms with E-state index in [0.29, 0.717) is 12.8 Å². The zero-order valence-corrected chi connectivity index (χ0v) is 17.1. The lowest BCUT2D eigenvalue weighted by Gasteiger charge is -2.26. The standard InChI is InChI=1S/C28H21N3/c29-20-18-22-6-12-26(13-7-22)31(27-14-8-23(9-15-27)19-21-30)28-16-10-25(11-17-28)24-4-2-1-3-5-24/h1-17H,18-19H2. The summed E-state index contributed by atoms with van der Waals surface area (Å²) in [6, 6.07) is 39.4. The Morgan fingerprint density at radius 1 is 0.484 bits per heavy atom. The van der Waals surface area contributed by atoms with Crippen LogP contribution in [0.1, 0.15) is 11.1 Å². The van der Waals surface area contributed by atoms with Crippen LogP contribution in [0.5, 0.6) is 0 Å². The van der Waals surface area contributed by atoms with E-state index in [1.54, 1.807) is 0 Å². The lowest BCUT2D eigenvalue weighted by atomic mass is 10.0. The molecule has 3 heteroatoms. The van der Waals surface area contributed by atoms with Gasteiger partial charge >= 0.3 is 0 Å². The van der Waals surface area contributed by atoms with Crippen LogP contribution in [0.25, 0.3) is 11.1 Å². The Morgan fingerprint density at radius 2 is 0.871 bits per heavy atom.